The van der Waals surface area contributed by atoms with Crippen molar-refractivity contribution in [3.63, 3.8) is 0 Å². The fourth-order valence-electron chi connectivity index (χ4n) is 7.42. The SMILES string of the molecule is C=CC(=O)N1CCN(c2nc(OC[C@@H]3CCCN3CCCC(=O)O)nc3c2CCN(c2cccc4cccc(C=C)c24)C3)C[C@@H]1CC#N. The van der Waals surface area contributed by atoms with Gasteiger partial charge in [-0.2, -0.15) is 15.2 Å². The van der Waals surface area contributed by atoms with Crippen LogP contribution < -0.4 is 14.5 Å². The summed E-state index contributed by atoms with van der Waals surface area (Å²) in [6.45, 7) is 12.6. The van der Waals surface area contributed by atoms with Crippen molar-refractivity contribution in [2.24, 2.45) is 0 Å². The van der Waals surface area contributed by atoms with E-state index >= 15 is 0 Å². The molecule has 3 aromatic rings. The van der Waals surface area contributed by atoms with Crippen LogP contribution in [0.15, 0.2) is 55.6 Å². The first-order valence-electron chi connectivity index (χ1n) is 16.8. The zero-order chi connectivity index (χ0) is 33.6. The smallest absolute Gasteiger partial charge is 0.318 e. The summed E-state index contributed by atoms with van der Waals surface area (Å²) in [7, 11) is 0. The molecule has 250 valence electrons. The van der Waals surface area contributed by atoms with Crippen molar-refractivity contribution in [3.05, 3.63) is 72.5 Å². The molecule has 0 radical (unpaired) electrons. The number of carboxylic acids is 1. The van der Waals surface area contributed by atoms with E-state index in [-0.39, 0.29) is 30.8 Å². The fraction of sp³-hybridized carbons (Fsp3) is 0.432. The molecule has 2 fully saturated rings. The highest BCUT2D eigenvalue weighted by atomic mass is 16.5. The Morgan fingerprint density at radius 3 is 2.67 bits per heavy atom. The molecule has 2 atom stereocenters. The third kappa shape index (κ3) is 6.99. The Balaban J connectivity index is 1.30. The monoisotopic (exact) mass is 649 g/mol. The van der Waals surface area contributed by atoms with Gasteiger partial charge < -0.3 is 24.5 Å². The molecule has 1 N–H and O–H groups in total. The lowest BCUT2D eigenvalue weighted by Crippen LogP contribution is -2.55. The van der Waals surface area contributed by atoms with E-state index in [1.54, 1.807) is 4.90 Å². The highest BCUT2D eigenvalue weighted by molar-refractivity contribution is 6.00. The number of carbonyl (C=O) groups excluding carboxylic acids is 1. The highest BCUT2D eigenvalue weighted by Crippen LogP contribution is 2.36. The van der Waals surface area contributed by atoms with E-state index in [1.807, 2.05) is 6.08 Å². The van der Waals surface area contributed by atoms with Gasteiger partial charge in [0.25, 0.3) is 0 Å². The van der Waals surface area contributed by atoms with Gasteiger partial charge in [-0.25, -0.2) is 0 Å². The first kappa shape index (κ1) is 33.0. The quantitative estimate of drug-likeness (QED) is 0.277. The zero-order valence-electron chi connectivity index (χ0n) is 27.4. The van der Waals surface area contributed by atoms with Gasteiger partial charge in [0.2, 0.25) is 5.91 Å². The number of anilines is 2. The number of rotatable bonds is 12. The van der Waals surface area contributed by atoms with E-state index in [4.69, 9.17) is 19.8 Å². The van der Waals surface area contributed by atoms with E-state index in [2.05, 4.69) is 70.3 Å². The third-order valence-corrected chi connectivity index (χ3v) is 9.81. The number of nitriles is 1. The molecular formula is C37H43N7O4. The largest absolute Gasteiger partial charge is 0.481 e. The maximum absolute atomic E-state index is 12.6. The summed E-state index contributed by atoms with van der Waals surface area (Å²) in [5.74, 6) is -0.141. The summed E-state index contributed by atoms with van der Waals surface area (Å²) in [5.41, 5.74) is 4.18. The van der Waals surface area contributed by atoms with Gasteiger partial charge in [-0.15, -0.1) is 0 Å². The Labute approximate surface area is 281 Å². The number of piperazine rings is 1. The normalized spacial score (nSPS) is 19.5. The molecule has 4 heterocycles. The minimum Gasteiger partial charge on any atom is -0.481 e. The van der Waals surface area contributed by atoms with Crippen molar-refractivity contribution in [2.45, 2.75) is 57.2 Å². The second-order valence-corrected chi connectivity index (χ2v) is 12.7. The number of aromatic nitrogens is 2. The van der Waals surface area contributed by atoms with Crippen molar-refractivity contribution in [1.29, 1.82) is 5.26 Å². The minimum atomic E-state index is -0.776. The first-order valence-corrected chi connectivity index (χ1v) is 16.8. The number of likely N-dealkylation sites (tertiary alicyclic amines) is 1. The van der Waals surface area contributed by atoms with Crippen LogP contribution in [0.25, 0.3) is 16.8 Å². The van der Waals surface area contributed by atoms with E-state index in [0.717, 1.165) is 78.0 Å². The Morgan fingerprint density at radius 2 is 1.90 bits per heavy atom. The van der Waals surface area contributed by atoms with Crippen molar-refractivity contribution < 1.29 is 19.4 Å². The Kier molecular flexibility index (Phi) is 10.2. The number of benzene rings is 2. The van der Waals surface area contributed by atoms with Crippen LogP contribution >= 0.6 is 0 Å². The number of aliphatic carboxylic acids is 1. The number of carboxylic acid groups (broad SMARTS) is 1. The van der Waals surface area contributed by atoms with Gasteiger partial charge in [-0.05, 0) is 61.9 Å². The van der Waals surface area contributed by atoms with Gasteiger partial charge in [0.1, 0.15) is 12.4 Å². The molecular weight excluding hydrogens is 606 g/mol. The molecule has 3 aliphatic heterocycles. The van der Waals surface area contributed by atoms with Gasteiger partial charge in [0.15, 0.2) is 0 Å². The van der Waals surface area contributed by atoms with Crippen LogP contribution in [0.5, 0.6) is 6.01 Å². The maximum atomic E-state index is 12.6. The predicted octanol–water partition coefficient (Wildman–Crippen LogP) is 4.66. The van der Waals surface area contributed by atoms with Crippen LogP contribution in [-0.2, 0) is 22.6 Å². The molecule has 2 saturated heterocycles. The molecule has 6 rings (SSSR count). The lowest BCUT2D eigenvalue weighted by molar-refractivity contribution is -0.137. The molecule has 0 spiro atoms. The van der Waals surface area contributed by atoms with E-state index in [9.17, 15) is 14.9 Å². The van der Waals surface area contributed by atoms with Gasteiger partial charge >= 0.3 is 12.0 Å². The van der Waals surface area contributed by atoms with Gasteiger partial charge in [0.05, 0.1) is 30.8 Å². The highest BCUT2D eigenvalue weighted by Gasteiger charge is 2.34. The molecule has 1 aromatic heterocycles. The molecule has 1 amide bonds. The lowest BCUT2D eigenvalue weighted by atomic mass is 9.99. The fourth-order valence-corrected chi connectivity index (χ4v) is 7.42. The molecule has 0 aliphatic carbocycles. The summed E-state index contributed by atoms with van der Waals surface area (Å²) in [6.07, 6.45) is 6.93. The first-order chi connectivity index (χ1) is 23.4. The van der Waals surface area contributed by atoms with Crippen LogP contribution in [0.1, 0.15) is 48.9 Å². The van der Waals surface area contributed by atoms with Gasteiger partial charge in [0, 0.05) is 55.3 Å². The summed E-state index contributed by atoms with van der Waals surface area (Å²) in [4.78, 5) is 42.3. The number of amides is 1. The maximum Gasteiger partial charge on any atom is 0.318 e. The van der Waals surface area contributed by atoms with Crippen molar-refractivity contribution in [1.82, 2.24) is 19.8 Å². The number of carbonyl (C=O) groups is 2. The molecule has 11 nitrogen and oxygen atoms in total. The number of hydrogen-bond acceptors (Lipinski definition) is 9. The van der Waals surface area contributed by atoms with Gasteiger partial charge in [-0.1, -0.05) is 49.6 Å². The van der Waals surface area contributed by atoms with Gasteiger partial charge in [-0.3, -0.25) is 14.5 Å². The average molecular weight is 650 g/mol. The average Bonchev–Trinajstić information content (AvgIpc) is 3.56. The van der Waals surface area contributed by atoms with Crippen LogP contribution in [0.2, 0.25) is 0 Å². The number of hydrogen-bond donors (Lipinski definition) is 1. The molecule has 0 bridgehead atoms. The van der Waals surface area contributed by atoms with Crippen LogP contribution in [0.4, 0.5) is 11.5 Å². The van der Waals surface area contributed by atoms with Crippen LogP contribution in [0, 0.1) is 11.3 Å². The second-order valence-electron chi connectivity index (χ2n) is 12.7. The standard InChI is InChI=1S/C37H43N7O4/c1-3-26-9-5-10-27-11-6-13-32(35(26)27)42-20-16-30-31(24-42)39-37(48-25-29-12-7-18-41(29)19-8-14-34(46)47)40-36(30)43-21-22-44(33(45)4-2)28(23-43)15-17-38/h3-6,9-11,13,28-29H,1-2,7-8,12,14-16,18-25H2,(H,46,47)/t28-,29-/m0/s1. The minimum absolute atomic E-state index is 0.154. The number of nitrogens with zero attached hydrogens (tertiary/aromatic N) is 7. The van der Waals surface area contributed by atoms with Crippen molar-refractivity contribution >= 4 is 40.2 Å². The van der Waals surface area contributed by atoms with Crippen molar-refractivity contribution in [3.8, 4) is 12.1 Å². The third-order valence-electron chi connectivity index (χ3n) is 9.81. The molecule has 48 heavy (non-hydrogen) atoms. The zero-order valence-corrected chi connectivity index (χ0v) is 27.4. The Hall–Kier alpha value is -4.95. The second kappa shape index (κ2) is 14.9. The number of fused-ring (bicyclic) bond motifs is 2. The van der Waals surface area contributed by atoms with E-state index in [0.29, 0.717) is 45.2 Å². The summed E-state index contributed by atoms with van der Waals surface area (Å²) in [5, 5.41) is 21.0. The molecule has 3 aliphatic rings. The molecule has 2 aromatic carbocycles. The summed E-state index contributed by atoms with van der Waals surface area (Å²) in [6, 6.07) is 15.1. The van der Waals surface area contributed by atoms with Crippen LogP contribution in [0.3, 0.4) is 0 Å². The molecule has 0 unspecified atom stereocenters. The predicted molar refractivity (Wildman–Crippen MR) is 186 cm³/mol. The lowest BCUT2D eigenvalue weighted by Gasteiger charge is -2.42. The topological polar surface area (TPSA) is 126 Å². The Morgan fingerprint density at radius 1 is 1.06 bits per heavy atom. The molecule has 0 saturated carbocycles. The number of ether oxygens (including phenoxy) is 1. The van der Waals surface area contributed by atoms with Crippen molar-refractivity contribution in [2.75, 3.05) is 55.7 Å². The van der Waals surface area contributed by atoms with E-state index < -0.39 is 5.97 Å². The van der Waals surface area contributed by atoms with Crippen LogP contribution in [-0.4, -0.2) is 94.7 Å². The van der Waals surface area contributed by atoms with E-state index in [1.165, 1.54) is 6.08 Å². The summed E-state index contributed by atoms with van der Waals surface area (Å²) >= 11 is 0. The molecule has 11 heteroatoms. The summed E-state index contributed by atoms with van der Waals surface area (Å²) < 4.78 is 6.38. The Bertz CT molecular complexity index is 1730.